The van der Waals surface area contributed by atoms with Crippen LogP contribution in [0.15, 0.2) is 29.2 Å². The molecular formula is C12H13ClO4S. The van der Waals surface area contributed by atoms with E-state index in [1.165, 1.54) is 24.3 Å². The van der Waals surface area contributed by atoms with Gasteiger partial charge >= 0.3 is 5.97 Å². The molecule has 1 rings (SSSR count). The van der Waals surface area contributed by atoms with Crippen molar-refractivity contribution in [2.45, 2.75) is 11.8 Å². The summed E-state index contributed by atoms with van der Waals surface area (Å²) < 4.78 is 27.4. The van der Waals surface area contributed by atoms with Crippen LogP contribution in [0, 0.1) is 0 Å². The van der Waals surface area contributed by atoms with Crippen LogP contribution in [-0.2, 0) is 19.4 Å². The molecule has 0 saturated heterocycles. The Labute approximate surface area is 111 Å². The summed E-state index contributed by atoms with van der Waals surface area (Å²) >= 11 is 5.86. The Morgan fingerprint density at radius 1 is 1.44 bits per heavy atom. The van der Waals surface area contributed by atoms with E-state index in [9.17, 15) is 13.2 Å². The fourth-order valence-corrected chi connectivity index (χ4v) is 2.61. The minimum absolute atomic E-state index is 0.0671. The van der Waals surface area contributed by atoms with Crippen molar-refractivity contribution in [3.8, 4) is 0 Å². The van der Waals surface area contributed by atoms with E-state index in [1.807, 2.05) is 0 Å². The van der Waals surface area contributed by atoms with E-state index in [0.29, 0.717) is 12.2 Å². The summed E-state index contributed by atoms with van der Waals surface area (Å²) in [5, 5.41) is 0.128. The maximum atomic E-state index is 11.3. The summed E-state index contributed by atoms with van der Waals surface area (Å²) in [7, 11) is -3.34. The van der Waals surface area contributed by atoms with Crippen LogP contribution in [0.4, 0.5) is 0 Å². The Kier molecular flexibility index (Phi) is 4.93. The highest BCUT2D eigenvalue weighted by atomic mass is 35.5. The Hall–Kier alpha value is -1.33. The molecule has 0 amide bonds. The number of benzene rings is 1. The third kappa shape index (κ3) is 4.16. The first kappa shape index (κ1) is 14.7. The van der Waals surface area contributed by atoms with Crippen LogP contribution in [0.5, 0.6) is 0 Å². The second kappa shape index (κ2) is 6.02. The molecule has 1 aromatic carbocycles. The van der Waals surface area contributed by atoms with Gasteiger partial charge in [-0.3, -0.25) is 0 Å². The maximum absolute atomic E-state index is 11.3. The van der Waals surface area contributed by atoms with E-state index in [4.69, 9.17) is 16.3 Å². The fourth-order valence-electron chi connectivity index (χ4n) is 1.28. The van der Waals surface area contributed by atoms with Gasteiger partial charge < -0.3 is 4.74 Å². The fraction of sp³-hybridized carbons (Fsp3) is 0.250. The lowest BCUT2D eigenvalue weighted by atomic mass is 10.2. The Morgan fingerprint density at radius 3 is 2.61 bits per heavy atom. The van der Waals surface area contributed by atoms with Gasteiger partial charge in [0.25, 0.3) is 0 Å². The molecule has 98 valence electrons. The second-order valence-corrected chi connectivity index (χ2v) is 5.94. The molecule has 0 bridgehead atoms. The molecule has 0 aliphatic heterocycles. The Balaban J connectivity index is 2.96. The molecule has 0 aliphatic rings. The zero-order valence-corrected chi connectivity index (χ0v) is 11.6. The van der Waals surface area contributed by atoms with Crippen LogP contribution >= 0.6 is 11.6 Å². The van der Waals surface area contributed by atoms with Gasteiger partial charge in [0.1, 0.15) is 0 Å². The monoisotopic (exact) mass is 288 g/mol. The summed E-state index contributed by atoms with van der Waals surface area (Å²) in [4.78, 5) is 11.2. The number of esters is 1. The van der Waals surface area contributed by atoms with E-state index >= 15 is 0 Å². The summed E-state index contributed by atoms with van der Waals surface area (Å²) in [6, 6.07) is 4.45. The van der Waals surface area contributed by atoms with Crippen molar-refractivity contribution in [3.05, 3.63) is 34.9 Å². The molecule has 0 unspecified atom stereocenters. The number of sulfone groups is 1. The van der Waals surface area contributed by atoms with Gasteiger partial charge in [-0.1, -0.05) is 17.7 Å². The van der Waals surface area contributed by atoms with Crippen molar-refractivity contribution in [1.82, 2.24) is 0 Å². The van der Waals surface area contributed by atoms with Gasteiger partial charge in [-0.2, -0.15) is 0 Å². The van der Waals surface area contributed by atoms with Crippen LogP contribution in [-0.4, -0.2) is 27.2 Å². The number of halogens is 1. The predicted octanol–water partition coefficient (Wildman–Crippen LogP) is 2.32. The average molecular weight is 289 g/mol. The van der Waals surface area contributed by atoms with Crippen molar-refractivity contribution in [3.63, 3.8) is 0 Å². The number of ether oxygens (including phenoxy) is 1. The van der Waals surface area contributed by atoms with Crippen molar-refractivity contribution in [1.29, 1.82) is 0 Å². The standard InChI is InChI=1S/C12H13ClO4S/c1-3-17-12(14)7-5-9-4-6-11(10(13)8-9)18(2,15)16/h4-8H,3H2,1-2H3/b7-5+. The van der Waals surface area contributed by atoms with Gasteiger partial charge in [0.2, 0.25) is 0 Å². The zero-order chi connectivity index (χ0) is 13.8. The van der Waals surface area contributed by atoms with Gasteiger partial charge in [-0.15, -0.1) is 0 Å². The predicted molar refractivity (Wildman–Crippen MR) is 70.2 cm³/mol. The van der Waals surface area contributed by atoms with Gasteiger partial charge in [0.05, 0.1) is 16.5 Å². The van der Waals surface area contributed by atoms with Crippen molar-refractivity contribution in [2.75, 3.05) is 12.9 Å². The molecule has 0 saturated carbocycles. The molecule has 0 spiro atoms. The number of carbonyl (C=O) groups excluding carboxylic acids is 1. The van der Waals surface area contributed by atoms with Crippen LogP contribution < -0.4 is 0 Å². The molecule has 0 N–H and O–H groups in total. The normalized spacial score (nSPS) is 11.7. The van der Waals surface area contributed by atoms with E-state index in [1.54, 1.807) is 13.0 Å². The highest BCUT2D eigenvalue weighted by molar-refractivity contribution is 7.90. The first-order chi connectivity index (χ1) is 8.34. The van der Waals surface area contributed by atoms with Crippen molar-refractivity contribution < 1.29 is 17.9 Å². The van der Waals surface area contributed by atoms with Crippen molar-refractivity contribution in [2.24, 2.45) is 0 Å². The van der Waals surface area contributed by atoms with Gasteiger partial charge in [-0.25, -0.2) is 13.2 Å². The van der Waals surface area contributed by atoms with E-state index in [-0.39, 0.29) is 9.92 Å². The summed E-state index contributed by atoms with van der Waals surface area (Å²) in [5.74, 6) is -0.458. The summed E-state index contributed by atoms with van der Waals surface area (Å²) in [5.41, 5.74) is 0.625. The highest BCUT2D eigenvalue weighted by Gasteiger charge is 2.11. The molecule has 0 atom stereocenters. The molecular weight excluding hydrogens is 276 g/mol. The van der Waals surface area contributed by atoms with Crippen LogP contribution in [0.25, 0.3) is 6.08 Å². The van der Waals surface area contributed by atoms with Crippen LogP contribution in [0.2, 0.25) is 5.02 Å². The minimum atomic E-state index is -3.34. The maximum Gasteiger partial charge on any atom is 0.330 e. The first-order valence-corrected chi connectivity index (χ1v) is 7.46. The number of hydrogen-bond acceptors (Lipinski definition) is 4. The molecule has 0 fully saturated rings. The molecule has 4 nitrogen and oxygen atoms in total. The van der Waals surface area contributed by atoms with Crippen molar-refractivity contribution >= 4 is 33.5 Å². The molecule has 0 aromatic heterocycles. The molecule has 1 aromatic rings. The average Bonchev–Trinajstić information content (AvgIpc) is 2.25. The number of rotatable bonds is 4. The molecule has 0 aliphatic carbocycles. The third-order valence-electron chi connectivity index (χ3n) is 2.05. The second-order valence-electron chi connectivity index (χ2n) is 3.55. The smallest absolute Gasteiger partial charge is 0.330 e. The minimum Gasteiger partial charge on any atom is -0.463 e. The lowest BCUT2D eigenvalue weighted by molar-refractivity contribution is -0.137. The summed E-state index contributed by atoms with van der Waals surface area (Å²) in [6.07, 6.45) is 3.85. The van der Waals surface area contributed by atoms with E-state index in [2.05, 4.69) is 0 Å². The lowest BCUT2D eigenvalue weighted by Gasteiger charge is -2.02. The van der Waals surface area contributed by atoms with Gasteiger partial charge in [0, 0.05) is 12.3 Å². The third-order valence-corrected chi connectivity index (χ3v) is 3.63. The molecule has 18 heavy (non-hydrogen) atoms. The Bertz CT molecular complexity index is 576. The molecule has 0 heterocycles. The molecule has 6 heteroatoms. The topological polar surface area (TPSA) is 60.4 Å². The number of carbonyl (C=O) groups is 1. The first-order valence-electron chi connectivity index (χ1n) is 5.19. The quantitative estimate of drug-likeness (QED) is 0.630. The highest BCUT2D eigenvalue weighted by Crippen LogP contribution is 2.23. The largest absolute Gasteiger partial charge is 0.463 e. The van der Waals surface area contributed by atoms with Gasteiger partial charge in [-0.05, 0) is 30.7 Å². The van der Waals surface area contributed by atoms with E-state index in [0.717, 1.165) is 6.26 Å². The zero-order valence-electron chi connectivity index (χ0n) is 10.0. The Morgan fingerprint density at radius 2 is 2.11 bits per heavy atom. The SMILES string of the molecule is CCOC(=O)/C=C/c1ccc(S(C)(=O)=O)c(Cl)c1. The molecule has 0 radical (unpaired) electrons. The van der Waals surface area contributed by atoms with Gasteiger partial charge in [0.15, 0.2) is 9.84 Å². The van der Waals surface area contributed by atoms with E-state index < -0.39 is 15.8 Å². The summed E-state index contributed by atoms with van der Waals surface area (Å²) in [6.45, 7) is 2.01. The lowest BCUT2D eigenvalue weighted by Crippen LogP contribution is -1.99. The number of hydrogen-bond donors (Lipinski definition) is 0. The van der Waals surface area contributed by atoms with Crippen LogP contribution in [0.1, 0.15) is 12.5 Å². The van der Waals surface area contributed by atoms with Crippen LogP contribution in [0.3, 0.4) is 0 Å².